The van der Waals surface area contributed by atoms with E-state index in [1.807, 2.05) is 31.2 Å². The standard InChI is InChI=1S/C26H29ClN2O5S2/c1-19-4-11-23(12-5-19)36(31,32)29(24-13-10-22(33-2)16-25(24)34-3)17-26(30)28-14-15-35-18-20-6-8-21(27)9-7-20/h4-13,16H,14-15,17-18H2,1-3H3,(H,28,30). The lowest BCUT2D eigenvalue weighted by Crippen LogP contribution is -2.41. The summed E-state index contributed by atoms with van der Waals surface area (Å²) in [5.74, 6) is 1.81. The largest absolute Gasteiger partial charge is 0.497 e. The average molecular weight is 549 g/mol. The summed E-state index contributed by atoms with van der Waals surface area (Å²) < 4.78 is 38.9. The highest BCUT2D eigenvalue weighted by Gasteiger charge is 2.29. The number of amides is 1. The second kappa shape index (κ2) is 12.9. The van der Waals surface area contributed by atoms with Gasteiger partial charge in [-0.15, -0.1) is 0 Å². The highest BCUT2D eigenvalue weighted by molar-refractivity contribution is 7.98. The molecule has 0 aliphatic heterocycles. The minimum Gasteiger partial charge on any atom is -0.497 e. The molecule has 0 saturated carbocycles. The van der Waals surface area contributed by atoms with Crippen LogP contribution < -0.4 is 19.1 Å². The van der Waals surface area contributed by atoms with E-state index in [0.29, 0.717) is 23.1 Å². The number of nitrogens with zero attached hydrogens (tertiary/aromatic N) is 1. The summed E-state index contributed by atoms with van der Waals surface area (Å²) in [4.78, 5) is 12.9. The van der Waals surface area contributed by atoms with E-state index in [9.17, 15) is 13.2 Å². The van der Waals surface area contributed by atoms with E-state index in [2.05, 4.69) is 5.32 Å². The van der Waals surface area contributed by atoms with Gasteiger partial charge in [-0.1, -0.05) is 41.4 Å². The van der Waals surface area contributed by atoms with Crippen molar-refractivity contribution in [1.29, 1.82) is 0 Å². The molecule has 0 aliphatic carbocycles. The van der Waals surface area contributed by atoms with E-state index in [0.717, 1.165) is 21.2 Å². The van der Waals surface area contributed by atoms with E-state index >= 15 is 0 Å². The molecule has 0 fully saturated rings. The molecular weight excluding hydrogens is 520 g/mol. The highest BCUT2D eigenvalue weighted by atomic mass is 35.5. The first-order valence-electron chi connectivity index (χ1n) is 11.1. The van der Waals surface area contributed by atoms with Gasteiger partial charge in [0, 0.05) is 29.1 Å². The Hall–Kier alpha value is -2.88. The molecule has 0 saturated heterocycles. The normalized spacial score (nSPS) is 11.1. The van der Waals surface area contributed by atoms with Crippen molar-refractivity contribution in [1.82, 2.24) is 5.32 Å². The number of ether oxygens (including phenoxy) is 2. The first kappa shape index (κ1) is 27.7. The van der Waals surface area contributed by atoms with Crippen molar-refractivity contribution in [3.05, 3.63) is 82.9 Å². The zero-order chi connectivity index (χ0) is 26.1. The molecule has 192 valence electrons. The minimum absolute atomic E-state index is 0.0808. The van der Waals surface area contributed by atoms with Crippen molar-refractivity contribution in [2.75, 3.05) is 37.4 Å². The molecular formula is C26H29ClN2O5S2. The zero-order valence-corrected chi connectivity index (χ0v) is 22.8. The van der Waals surface area contributed by atoms with Crippen LogP contribution in [0.25, 0.3) is 0 Å². The van der Waals surface area contributed by atoms with Gasteiger partial charge in [0.15, 0.2) is 0 Å². The monoisotopic (exact) mass is 548 g/mol. The number of hydrogen-bond donors (Lipinski definition) is 1. The van der Waals surface area contributed by atoms with Gasteiger partial charge in [-0.25, -0.2) is 8.42 Å². The number of sulfonamides is 1. The fourth-order valence-electron chi connectivity index (χ4n) is 3.35. The number of anilines is 1. The summed E-state index contributed by atoms with van der Waals surface area (Å²) in [7, 11) is -1.11. The Morgan fingerprint density at radius 1 is 1.00 bits per heavy atom. The summed E-state index contributed by atoms with van der Waals surface area (Å²) in [5, 5.41) is 3.51. The fraction of sp³-hybridized carbons (Fsp3) is 0.269. The maximum absolute atomic E-state index is 13.6. The van der Waals surface area contributed by atoms with Crippen molar-refractivity contribution in [2.24, 2.45) is 0 Å². The lowest BCUT2D eigenvalue weighted by molar-refractivity contribution is -0.119. The van der Waals surface area contributed by atoms with Crippen LogP contribution in [0.5, 0.6) is 11.5 Å². The predicted molar refractivity (Wildman–Crippen MR) is 146 cm³/mol. The SMILES string of the molecule is COc1ccc(N(CC(=O)NCCSCc2ccc(Cl)cc2)S(=O)(=O)c2ccc(C)cc2)c(OC)c1. The molecule has 0 aliphatic rings. The quantitative estimate of drug-likeness (QED) is 0.324. The molecule has 1 N–H and O–H groups in total. The Bertz CT molecular complexity index is 1270. The molecule has 3 aromatic carbocycles. The van der Waals surface area contributed by atoms with Crippen LogP contribution in [0, 0.1) is 6.92 Å². The third-order valence-corrected chi connectivity index (χ3v) is 8.36. The van der Waals surface area contributed by atoms with Crippen LogP contribution in [0.1, 0.15) is 11.1 Å². The summed E-state index contributed by atoms with van der Waals surface area (Å²) in [5.41, 5.74) is 2.31. The van der Waals surface area contributed by atoms with Crippen LogP contribution >= 0.6 is 23.4 Å². The number of aryl methyl sites for hydroxylation is 1. The van der Waals surface area contributed by atoms with Crippen LogP contribution in [0.4, 0.5) is 5.69 Å². The Labute approximate surface area is 221 Å². The molecule has 0 unspecified atom stereocenters. The highest BCUT2D eigenvalue weighted by Crippen LogP contribution is 2.35. The van der Waals surface area contributed by atoms with E-state index in [1.54, 1.807) is 42.1 Å². The third-order valence-electron chi connectivity index (χ3n) is 5.30. The summed E-state index contributed by atoms with van der Waals surface area (Å²) in [6.45, 7) is 1.87. The molecule has 1 amide bonds. The fourth-order valence-corrected chi connectivity index (χ4v) is 5.72. The van der Waals surface area contributed by atoms with E-state index < -0.39 is 22.5 Å². The van der Waals surface area contributed by atoms with Gasteiger partial charge < -0.3 is 14.8 Å². The van der Waals surface area contributed by atoms with Crippen molar-refractivity contribution in [3.8, 4) is 11.5 Å². The second-order valence-electron chi connectivity index (χ2n) is 7.89. The van der Waals surface area contributed by atoms with Crippen LogP contribution in [0.2, 0.25) is 5.02 Å². The molecule has 3 rings (SSSR count). The van der Waals surface area contributed by atoms with E-state index in [1.165, 1.54) is 26.4 Å². The molecule has 7 nitrogen and oxygen atoms in total. The van der Waals surface area contributed by atoms with Crippen LogP contribution in [-0.2, 0) is 20.6 Å². The average Bonchev–Trinajstić information content (AvgIpc) is 2.88. The molecule has 0 bridgehead atoms. The van der Waals surface area contributed by atoms with Crippen LogP contribution in [-0.4, -0.2) is 47.4 Å². The van der Waals surface area contributed by atoms with E-state index in [4.69, 9.17) is 21.1 Å². The van der Waals surface area contributed by atoms with Gasteiger partial charge >= 0.3 is 0 Å². The number of rotatable bonds is 12. The van der Waals surface area contributed by atoms with Crippen molar-refractivity contribution in [2.45, 2.75) is 17.6 Å². The topological polar surface area (TPSA) is 84.9 Å². The smallest absolute Gasteiger partial charge is 0.264 e. The summed E-state index contributed by atoms with van der Waals surface area (Å²) in [6.07, 6.45) is 0. The molecule has 3 aromatic rings. The van der Waals surface area contributed by atoms with Crippen molar-refractivity contribution < 1.29 is 22.7 Å². The number of carbonyl (C=O) groups excluding carboxylic acids is 1. The molecule has 0 aromatic heterocycles. The number of thioether (sulfide) groups is 1. The number of halogens is 1. The van der Waals surface area contributed by atoms with Crippen LogP contribution in [0.3, 0.4) is 0 Å². The Kier molecular flexibility index (Phi) is 9.92. The van der Waals surface area contributed by atoms with Gasteiger partial charge in [-0.2, -0.15) is 11.8 Å². The molecule has 36 heavy (non-hydrogen) atoms. The first-order chi connectivity index (χ1) is 17.2. The molecule has 0 spiro atoms. The second-order valence-corrected chi connectivity index (χ2v) is 11.3. The number of hydrogen-bond acceptors (Lipinski definition) is 6. The Balaban J connectivity index is 1.73. The number of benzene rings is 3. The van der Waals surface area contributed by atoms with Gasteiger partial charge in [0.05, 0.1) is 24.8 Å². The number of carbonyl (C=O) groups is 1. The lowest BCUT2D eigenvalue weighted by Gasteiger charge is -2.26. The zero-order valence-electron chi connectivity index (χ0n) is 20.4. The van der Waals surface area contributed by atoms with Crippen molar-refractivity contribution in [3.63, 3.8) is 0 Å². The van der Waals surface area contributed by atoms with Gasteiger partial charge in [0.25, 0.3) is 10.0 Å². The van der Waals surface area contributed by atoms with Gasteiger partial charge in [-0.05, 0) is 48.9 Å². The summed E-state index contributed by atoms with van der Waals surface area (Å²) >= 11 is 7.57. The van der Waals surface area contributed by atoms with Gasteiger partial charge in [0.1, 0.15) is 18.0 Å². The van der Waals surface area contributed by atoms with Gasteiger partial charge in [0.2, 0.25) is 5.91 Å². The van der Waals surface area contributed by atoms with E-state index in [-0.39, 0.29) is 16.3 Å². The number of nitrogens with one attached hydrogen (secondary N) is 1. The molecule has 0 atom stereocenters. The summed E-state index contributed by atoms with van der Waals surface area (Å²) in [6, 6.07) is 18.9. The molecule has 0 radical (unpaired) electrons. The third kappa shape index (κ3) is 7.32. The predicted octanol–water partition coefficient (Wildman–Crippen LogP) is 4.91. The van der Waals surface area contributed by atoms with Gasteiger partial charge in [-0.3, -0.25) is 9.10 Å². The lowest BCUT2D eigenvalue weighted by atomic mass is 10.2. The molecule has 10 heteroatoms. The maximum Gasteiger partial charge on any atom is 0.264 e. The minimum atomic E-state index is -4.06. The Morgan fingerprint density at radius 3 is 2.33 bits per heavy atom. The van der Waals surface area contributed by atoms with Crippen LogP contribution in [0.15, 0.2) is 71.6 Å². The number of methoxy groups -OCH3 is 2. The van der Waals surface area contributed by atoms with Crippen molar-refractivity contribution >= 4 is 45.0 Å². The maximum atomic E-state index is 13.6. The molecule has 0 heterocycles. The first-order valence-corrected chi connectivity index (χ1v) is 14.1. The Morgan fingerprint density at radius 2 is 1.69 bits per heavy atom.